The SMILES string of the molecule is CC1CC(C)CN(CCCNC(=O)CC(C)C2CCCNC2)C1. The van der Waals surface area contributed by atoms with Gasteiger partial charge in [0.2, 0.25) is 5.91 Å². The van der Waals surface area contributed by atoms with Crippen LogP contribution in [0, 0.1) is 23.7 Å². The first-order valence-electron chi connectivity index (χ1n) is 9.74. The second-order valence-corrected chi connectivity index (χ2v) is 8.20. The summed E-state index contributed by atoms with van der Waals surface area (Å²) in [4.78, 5) is 14.7. The maximum atomic E-state index is 12.1. The molecule has 0 saturated carbocycles. The minimum Gasteiger partial charge on any atom is -0.356 e. The normalized spacial score (nSPS) is 30.8. The number of hydrogen-bond acceptors (Lipinski definition) is 3. The van der Waals surface area contributed by atoms with Gasteiger partial charge in [-0.15, -0.1) is 0 Å². The molecule has 2 saturated heterocycles. The maximum Gasteiger partial charge on any atom is 0.220 e. The summed E-state index contributed by atoms with van der Waals surface area (Å²) in [5.41, 5.74) is 0. The highest BCUT2D eigenvalue weighted by atomic mass is 16.1. The lowest BCUT2D eigenvalue weighted by molar-refractivity contribution is -0.122. The van der Waals surface area contributed by atoms with E-state index in [-0.39, 0.29) is 5.91 Å². The quantitative estimate of drug-likeness (QED) is 0.708. The lowest BCUT2D eigenvalue weighted by atomic mass is 9.85. The van der Waals surface area contributed by atoms with Gasteiger partial charge in [0.1, 0.15) is 0 Å². The number of carbonyl (C=O) groups excluding carboxylic acids is 1. The van der Waals surface area contributed by atoms with Gasteiger partial charge in [-0.25, -0.2) is 0 Å². The predicted molar refractivity (Wildman–Crippen MR) is 96.4 cm³/mol. The summed E-state index contributed by atoms with van der Waals surface area (Å²) in [5.74, 6) is 3.04. The van der Waals surface area contributed by atoms with Crippen LogP contribution in [0.15, 0.2) is 0 Å². The number of nitrogens with zero attached hydrogens (tertiary/aromatic N) is 1. The van der Waals surface area contributed by atoms with E-state index in [0.717, 1.165) is 44.4 Å². The molecule has 0 aromatic rings. The van der Waals surface area contributed by atoms with E-state index >= 15 is 0 Å². The van der Waals surface area contributed by atoms with Gasteiger partial charge in [-0.05, 0) is 69.0 Å². The van der Waals surface area contributed by atoms with Gasteiger partial charge in [-0.1, -0.05) is 20.8 Å². The van der Waals surface area contributed by atoms with Crippen molar-refractivity contribution in [1.29, 1.82) is 0 Å². The van der Waals surface area contributed by atoms with E-state index < -0.39 is 0 Å². The Balaban J connectivity index is 1.55. The summed E-state index contributed by atoms with van der Waals surface area (Å²) in [5, 5.41) is 6.58. The molecule has 4 heteroatoms. The van der Waals surface area contributed by atoms with Crippen LogP contribution in [0.5, 0.6) is 0 Å². The Morgan fingerprint density at radius 3 is 2.70 bits per heavy atom. The fourth-order valence-electron chi connectivity index (χ4n) is 4.40. The van der Waals surface area contributed by atoms with Gasteiger partial charge in [0.25, 0.3) is 0 Å². The van der Waals surface area contributed by atoms with Gasteiger partial charge < -0.3 is 15.5 Å². The first-order valence-corrected chi connectivity index (χ1v) is 9.74. The van der Waals surface area contributed by atoms with Crippen LogP contribution < -0.4 is 10.6 Å². The van der Waals surface area contributed by atoms with Crippen LogP contribution in [0.25, 0.3) is 0 Å². The number of carbonyl (C=O) groups is 1. The molecule has 23 heavy (non-hydrogen) atoms. The average Bonchev–Trinajstić information content (AvgIpc) is 2.51. The predicted octanol–water partition coefficient (Wildman–Crippen LogP) is 2.50. The van der Waals surface area contributed by atoms with Crippen LogP contribution in [0.3, 0.4) is 0 Å². The molecule has 0 spiro atoms. The van der Waals surface area contributed by atoms with E-state index in [1.807, 2.05) is 0 Å². The number of piperidine rings is 2. The first-order chi connectivity index (χ1) is 11.0. The van der Waals surface area contributed by atoms with Crippen molar-refractivity contribution in [2.75, 3.05) is 39.3 Å². The van der Waals surface area contributed by atoms with Crippen molar-refractivity contribution in [3.05, 3.63) is 0 Å². The second-order valence-electron chi connectivity index (χ2n) is 8.20. The Kier molecular flexibility index (Phi) is 7.84. The molecule has 0 aromatic carbocycles. The molecular formula is C19H37N3O. The molecule has 4 nitrogen and oxygen atoms in total. The Hall–Kier alpha value is -0.610. The van der Waals surface area contributed by atoms with Crippen molar-refractivity contribution in [3.8, 4) is 0 Å². The van der Waals surface area contributed by atoms with Gasteiger partial charge in [-0.3, -0.25) is 4.79 Å². The number of amides is 1. The molecule has 2 rings (SSSR count). The van der Waals surface area contributed by atoms with Crippen LogP contribution in [0.1, 0.15) is 52.9 Å². The van der Waals surface area contributed by atoms with Crippen molar-refractivity contribution in [2.24, 2.45) is 23.7 Å². The number of rotatable bonds is 7. The van der Waals surface area contributed by atoms with Gasteiger partial charge in [0.05, 0.1) is 0 Å². The third-order valence-corrected chi connectivity index (χ3v) is 5.56. The average molecular weight is 324 g/mol. The standard InChI is InChI=1S/C19H37N3O/c1-15-10-16(2)14-22(13-15)9-5-8-21-19(23)11-17(3)18-6-4-7-20-12-18/h15-18,20H,4-14H2,1-3H3,(H,21,23). The van der Waals surface area contributed by atoms with Crippen molar-refractivity contribution >= 4 is 5.91 Å². The molecule has 134 valence electrons. The molecular weight excluding hydrogens is 286 g/mol. The van der Waals surface area contributed by atoms with Gasteiger partial charge in [-0.2, -0.15) is 0 Å². The summed E-state index contributed by atoms with van der Waals surface area (Å²) >= 11 is 0. The molecule has 2 N–H and O–H groups in total. The van der Waals surface area contributed by atoms with E-state index in [1.165, 1.54) is 32.4 Å². The molecule has 4 atom stereocenters. The molecule has 0 aliphatic carbocycles. The summed E-state index contributed by atoms with van der Waals surface area (Å²) in [7, 11) is 0. The Labute approximate surface area is 142 Å². The monoisotopic (exact) mass is 323 g/mol. The topological polar surface area (TPSA) is 44.4 Å². The zero-order chi connectivity index (χ0) is 16.7. The molecule has 2 heterocycles. The largest absolute Gasteiger partial charge is 0.356 e. The smallest absolute Gasteiger partial charge is 0.220 e. The van der Waals surface area contributed by atoms with Gasteiger partial charge >= 0.3 is 0 Å². The molecule has 2 aliphatic rings. The van der Waals surface area contributed by atoms with Crippen LogP contribution in [0.4, 0.5) is 0 Å². The third kappa shape index (κ3) is 6.80. The minimum atomic E-state index is 0.239. The highest BCUT2D eigenvalue weighted by molar-refractivity contribution is 5.76. The van der Waals surface area contributed by atoms with Crippen LogP contribution >= 0.6 is 0 Å². The van der Waals surface area contributed by atoms with Crippen LogP contribution in [-0.4, -0.2) is 50.1 Å². The molecule has 0 radical (unpaired) electrons. The number of hydrogen-bond donors (Lipinski definition) is 2. The van der Waals surface area contributed by atoms with Gasteiger partial charge in [0, 0.05) is 26.1 Å². The Morgan fingerprint density at radius 1 is 1.30 bits per heavy atom. The van der Waals surface area contributed by atoms with Crippen molar-refractivity contribution in [3.63, 3.8) is 0 Å². The van der Waals surface area contributed by atoms with Gasteiger partial charge in [0.15, 0.2) is 0 Å². The zero-order valence-corrected chi connectivity index (χ0v) is 15.4. The fraction of sp³-hybridized carbons (Fsp3) is 0.947. The highest BCUT2D eigenvalue weighted by Crippen LogP contribution is 2.22. The molecule has 0 aromatic heterocycles. The Bertz CT molecular complexity index is 345. The lowest BCUT2D eigenvalue weighted by Crippen LogP contribution is -2.40. The second kappa shape index (κ2) is 9.63. The number of nitrogens with one attached hydrogen (secondary N) is 2. The summed E-state index contributed by atoms with van der Waals surface area (Å²) in [6.07, 6.45) is 5.64. The molecule has 4 unspecified atom stereocenters. The zero-order valence-electron chi connectivity index (χ0n) is 15.4. The number of likely N-dealkylation sites (tertiary alicyclic amines) is 1. The molecule has 2 aliphatic heterocycles. The summed E-state index contributed by atoms with van der Waals surface area (Å²) in [6, 6.07) is 0. The molecule has 1 amide bonds. The fourth-order valence-corrected chi connectivity index (χ4v) is 4.40. The first kappa shape index (κ1) is 18.7. The van der Waals surface area contributed by atoms with E-state index in [9.17, 15) is 4.79 Å². The maximum absolute atomic E-state index is 12.1. The van der Waals surface area contributed by atoms with Crippen molar-refractivity contribution < 1.29 is 4.79 Å². The third-order valence-electron chi connectivity index (χ3n) is 5.56. The van der Waals surface area contributed by atoms with Crippen LogP contribution in [-0.2, 0) is 4.79 Å². The van der Waals surface area contributed by atoms with Crippen molar-refractivity contribution in [2.45, 2.75) is 52.9 Å². The summed E-state index contributed by atoms with van der Waals surface area (Å²) in [6.45, 7) is 13.6. The van der Waals surface area contributed by atoms with E-state index in [1.54, 1.807) is 0 Å². The van der Waals surface area contributed by atoms with Crippen molar-refractivity contribution in [1.82, 2.24) is 15.5 Å². The highest BCUT2D eigenvalue weighted by Gasteiger charge is 2.22. The van der Waals surface area contributed by atoms with E-state index in [0.29, 0.717) is 18.3 Å². The van der Waals surface area contributed by atoms with E-state index in [4.69, 9.17) is 0 Å². The molecule has 2 fully saturated rings. The molecule has 0 bridgehead atoms. The Morgan fingerprint density at radius 2 is 2.04 bits per heavy atom. The van der Waals surface area contributed by atoms with E-state index in [2.05, 4.69) is 36.3 Å². The minimum absolute atomic E-state index is 0.239. The summed E-state index contributed by atoms with van der Waals surface area (Å²) < 4.78 is 0. The lowest BCUT2D eigenvalue weighted by Gasteiger charge is -2.35. The van der Waals surface area contributed by atoms with Crippen LogP contribution in [0.2, 0.25) is 0 Å².